The van der Waals surface area contributed by atoms with Gasteiger partial charge in [-0.3, -0.25) is 14.2 Å². The second-order valence-corrected chi connectivity index (χ2v) is 9.44. The molecule has 0 aliphatic carbocycles. The summed E-state index contributed by atoms with van der Waals surface area (Å²) >= 11 is 0. The predicted octanol–water partition coefficient (Wildman–Crippen LogP) is 5.93. The first kappa shape index (κ1) is 24.7. The Morgan fingerprint density at radius 1 is 1.00 bits per heavy atom. The molecule has 0 spiro atoms. The van der Waals surface area contributed by atoms with E-state index in [4.69, 9.17) is 4.98 Å². The first-order valence-electron chi connectivity index (χ1n) is 12.2. The molecule has 1 heterocycles. The summed E-state index contributed by atoms with van der Waals surface area (Å²) in [5.74, 6) is 1.06. The molecule has 0 N–H and O–H groups in total. The van der Waals surface area contributed by atoms with E-state index in [1.807, 2.05) is 55.1 Å². The van der Waals surface area contributed by atoms with Crippen molar-refractivity contribution in [3.05, 3.63) is 70.3 Å². The van der Waals surface area contributed by atoms with Gasteiger partial charge in [0.25, 0.3) is 5.56 Å². The fourth-order valence-electron chi connectivity index (χ4n) is 4.19. The summed E-state index contributed by atoms with van der Waals surface area (Å²) in [6.45, 7) is 13.0. The summed E-state index contributed by atoms with van der Waals surface area (Å²) in [5, 5.41) is 0.583. The van der Waals surface area contributed by atoms with Crippen LogP contribution >= 0.6 is 0 Å². The summed E-state index contributed by atoms with van der Waals surface area (Å²) in [4.78, 5) is 34.0. The van der Waals surface area contributed by atoms with Crippen molar-refractivity contribution < 1.29 is 4.79 Å². The molecule has 2 aromatic carbocycles. The number of amides is 1. The van der Waals surface area contributed by atoms with Gasteiger partial charge in [0, 0.05) is 12.5 Å². The quantitative estimate of drug-likeness (QED) is 0.408. The number of nitrogens with zero attached hydrogens (tertiary/aromatic N) is 3. The Balaban J connectivity index is 2.26. The Hall–Kier alpha value is -2.95. The highest BCUT2D eigenvalue weighted by molar-refractivity contribution is 5.80. The standard InChI is InChI=1S/C28H37N3O2/c1-7-21-13-15-22(16-14-21)31-26(29-24-12-10-9-11-23(24)28(31)33)25(8-2)30(18-17-19(3)4)27(32)20(5)6/h9-16,19-20,25H,7-8,17-18H2,1-6H3. The third-order valence-corrected chi connectivity index (χ3v) is 6.19. The van der Waals surface area contributed by atoms with Crippen molar-refractivity contribution in [2.45, 2.75) is 66.8 Å². The number of fused-ring (bicyclic) bond motifs is 1. The van der Waals surface area contributed by atoms with Crippen LogP contribution in [-0.2, 0) is 11.2 Å². The minimum Gasteiger partial charge on any atom is -0.332 e. The molecule has 1 aromatic heterocycles. The Morgan fingerprint density at radius 3 is 2.24 bits per heavy atom. The maximum Gasteiger partial charge on any atom is 0.266 e. The molecular weight excluding hydrogens is 410 g/mol. The molecular formula is C28H37N3O2. The number of rotatable bonds is 9. The van der Waals surface area contributed by atoms with Crippen molar-refractivity contribution in [3.8, 4) is 5.69 Å². The van der Waals surface area contributed by atoms with Crippen LogP contribution in [0.1, 0.15) is 71.8 Å². The number of hydrogen-bond acceptors (Lipinski definition) is 3. The second kappa shape index (κ2) is 10.8. The smallest absolute Gasteiger partial charge is 0.266 e. The second-order valence-electron chi connectivity index (χ2n) is 9.44. The first-order chi connectivity index (χ1) is 15.8. The van der Waals surface area contributed by atoms with Gasteiger partial charge in [-0.2, -0.15) is 0 Å². The van der Waals surface area contributed by atoms with Crippen LogP contribution in [0.25, 0.3) is 16.6 Å². The summed E-state index contributed by atoms with van der Waals surface area (Å²) in [6, 6.07) is 15.2. The number of carbonyl (C=O) groups is 1. The van der Waals surface area contributed by atoms with Crippen LogP contribution < -0.4 is 5.56 Å². The van der Waals surface area contributed by atoms with E-state index in [0.29, 0.717) is 35.6 Å². The molecule has 0 bridgehead atoms. The number of hydrogen-bond donors (Lipinski definition) is 0. The zero-order valence-electron chi connectivity index (χ0n) is 20.8. The van der Waals surface area contributed by atoms with E-state index >= 15 is 0 Å². The molecule has 0 saturated heterocycles. The van der Waals surface area contributed by atoms with E-state index in [9.17, 15) is 9.59 Å². The van der Waals surface area contributed by atoms with Gasteiger partial charge < -0.3 is 4.90 Å². The SMILES string of the molecule is CCc1ccc(-n2c(C(CC)N(CCC(C)C)C(=O)C(C)C)nc3ccccc3c2=O)cc1. The van der Waals surface area contributed by atoms with E-state index < -0.39 is 0 Å². The Labute approximate surface area is 197 Å². The van der Waals surface area contributed by atoms with Gasteiger partial charge in [-0.05, 0) is 55.0 Å². The highest BCUT2D eigenvalue weighted by atomic mass is 16.2. The van der Waals surface area contributed by atoms with Crippen molar-refractivity contribution in [2.24, 2.45) is 11.8 Å². The van der Waals surface area contributed by atoms with E-state index in [-0.39, 0.29) is 23.4 Å². The van der Waals surface area contributed by atoms with E-state index in [0.717, 1.165) is 18.5 Å². The molecule has 0 aliphatic rings. The Morgan fingerprint density at radius 2 is 1.67 bits per heavy atom. The van der Waals surface area contributed by atoms with Crippen LogP contribution in [0.4, 0.5) is 0 Å². The maximum atomic E-state index is 13.7. The largest absolute Gasteiger partial charge is 0.332 e. The normalized spacial score (nSPS) is 12.5. The van der Waals surface area contributed by atoms with Gasteiger partial charge in [0.1, 0.15) is 5.82 Å². The van der Waals surface area contributed by atoms with Gasteiger partial charge in [0.15, 0.2) is 0 Å². The lowest BCUT2D eigenvalue weighted by molar-refractivity contribution is -0.137. The van der Waals surface area contributed by atoms with E-state index in [1.165, 1.54) is 5.56 Å². The molecule has 5 nitrogen and oxygen atoms in total. The summed E-state index contributed by atoms with van der Waals surface area (Å²) < 4.78 is 1.71. The highest BCUT2D eigenvalue weighted by Crippen LogP contribution is 2.28. The predicted molar refractivity (Wildman–Crippen MR) is 136 cm³/mol. The first-order valence-corrected chi connectivity index (χ1v) is 12.2. The van der Waals surface area contributed by atoms with Crippen LogP contribution in [-0.4, -0.2) is 26.9 Å². The van der Waals surface area contributed by atoms with Gasteiger partial charge in [-0.15, -0.1) is 0 Å². The van der Waals surface area contributed by atoms with E-state index in [1.54, 1.807) is 4.57 Å². The van der Waals surface area contributed by atoms with Crippen LogP contribution in [0, 0.1) is 11.8 Å². The number of benzene rings is 2. The summed E-state index contributed by atoms with van der Waals surface area (Å²) in [7, 11) is 0. The van der Waals surface area contributed by atoms with Crippen LogP contribution in [0.2, 0.25) is 0 Å². The summed E-state index contributed by atoms with van der Waals surface area (Å²) in [5.41, 5.74) is 2.56. The molecule has 0 fully saturated rings. The maximum absolute atomic E-state index is 13.7. The average molecular weight is 448 g/mol. The molecule has 1 atom stereocenters. The minimum atomic E-state index is -0.290. The monoisotopic (exact) mass is 447 g/mol. The van der Waals surface area contributed by atoms with Crippen LogP contribution in [0.3, 0.4) is 0 Å². The number of para-hydroxylation sites is 1. The lowest BCUT2D eigenvalue weighted by Gasteiger charge is -2.34. The molecule has 33 heavy (non-hydrogen) atoms. The molecule has 0 aliphatic heterocycles. The molecule has 176 valence electrons. The molecule has 3 rings (SSSR count). The Bertz CT molecular complexity index is 1150. The third-order valence-electron chi connectivity index (χ3n) is 6.19. The van der Waals surface area contributed by atoms with Gasteiger partial charge in [0.05, 0.1) is 22.6 Å². The fourth-order valence-corrected chi connectivity index (χ4v) is 4.19. The van der Waals surface area contributed by atoms with Crippen LogP contribution in [0.15, 0.2) is 53.3 Å². The zero-order chi connectivity index (χ0) is 24.1. The van der Waals surface area contributed by atoms with Crippen molar-refractivity contribution in [1.82, 2.24) is 14.5 Å². The summed E-state index contributed by atoms with van der Waals surface area (Å²) in [6.07, 6.45) is 2.51. The molecule has 3 aromatic rings. The van der Waals surface area contributed by atoms with Crippen molar-refractivity contribution in [1.29, 1.82) is 0 Å². The topological polar surface area (TPSA) is 55.2 Å². The van der Waals surface area contributed by atoms with Crippen molar-refractivity contribution in [2.75, 3.05) is 6.54 Å². The van der Waals surface area contributed by atoms with Gasteiger partial charge in [0.2, 0.25) is 5.91 Å². The molecule has 5 heteroatoms. The zero-order valence-corrected chi connectivity index (χ0v) is 20.8. The van der Waals surface area contributed by atoms with E-state index in [2.05, 4.69) is 39.8 Å². The molecule has 0 radical (unpaired) electrons. The average Bonchev–Trinajstić information content (AvgIpc) is 2.81. The highest BCUT2D eigenvalue weighted by Gasteiger charge is 2.30. The van der Waals surface area contributed by atoms with Gasteiger partial charge >= 0.3 is 0 Å². The molecule has 1 unspecified atom stereocenters. The lowest BCUT2D eigenvalue weighted by Crippen LogP contribution is -2.41. The van der Waals surface area contributed by atoms with Gasteiger partial charge in [-0.25, -0.2) is 4.98 Å². The van der Waals surface area contributed by atoms with Crippen molar-refractivity contribution >= 4 is 16.8 Å². The number of aromatic nitrogens is 2. The minimum absolute atomic E-state index is 0.0952. The van der Waals surface area contributed by atoms with Gasteiger partial charge in [-0.1, -0.05) is 65.8 Å². The number of aryl methyl sites for hydroxylation is 1. The van der Waals surface area contributed by atoms with Crippen LogP contribution in [0.5, 0.6) is 0 Å². The Kier molecular flexibility index (Phi) is 8.06. The van der Waals surface area contributed by atoms with Crippen molar-refractivity contribution in [3.63, 3.8) is 0 Å². The molecule has 1 amide bonds. The molecule has 0 saturated carbocycles. The number of carbonyl (C=O) groups excluding carboxylic acids is 1. The lowest BCUT2D eigenvalue weighted by atomic mass is 10.0. The third kappa shape index (κ3) is 5.35. The fraction of sp³-hybridized carbons (Fsp3) is 0.464.